The lowest BCUT2D eigenvalue weighted by Gasteiger charge is -2.07. The Bertz CT molecular complexity index is 535. The first-order valence-electron chi connectivity index (χ1n) is 5.17. The third-order valence-electron chi connectivity index (χ3n) is 2.34. The van der Waals surface area contributed by atoms with Crippen molar-refractivity contribution in [2.45, 2.75) is 0 Å². The van der Waals surface area contributed by atoms with Gasteiger partial charge >= 0.3 is 0 Å². The van der Waals surface area contributed by atoms with Gasteiger partial charge in [0.05, 0.1) is 0 Å². The first-order chi connectivity index (χ1) is 8.15. The molecular formula is C13H13N3O. The highest BCUT2D eigenvalue weighted by Gasteiger charge is 2.00. The van der Waals surface area contributed by atoms with E-state index in [0.29, 0.717) is 11.3 Å². The van der Waals surface area contributed by atoms with Crippen LogP contribution in [0.2, 0.25) is 0 Å². The van der Waals surface area contributed by atoms with Crippen molar-refractivity contribution in [3.05, 3.63) is 54.1 Å². The molecule has 0 atom stereocenters. The molecule has 2 aromatic rings. The van der Waals surface area contributed by atoms with Crippen LogP contribution >= 0.6 is 0 Å². The molecule has 0 aliphatic carbocycles. The van der Waals surface area contributed by atoms with E-state index in [2.05, 4.69) is 5.32 Å². The SMILES string of the molecule is NC(=O)c1ccc(Nc2cccc(N)c2)cc1. The summed E-state index contributed by atoms with van der Waals surface area (Å²) in [5, 5.41) is 3.18. The zero-order valence-corrected chi connectivity index (χ0v) is 9.18. The minimum absolute atomic E-state index is 0.430. The van der Waals surface area contributed by atoms with Crippen molar-refractivity contribution < 1.29 is 4.79 Å². The fraction of sp³-hybridized carbons (Fsp3) is 0. The van der Waals surface area contributed by atoms with Gasteiger partial charge < -0.3 is 16.8 Å². The summed E-state index contributed by atoms with van der Waals surface area (Å²) < 4.78 is 0. The molecule has 4 nitrogen and oxygen atoms in total. The number of carbonyl (C=O) groups excluding carboxylic acids is 1. The summed E-state index contributed by atoms with van der Waals surface area (Å²) in [5.41, 5.74) is 13.8. The van der Waals surface area contributed by atoms with Crippen LogP contribution < -0.4 is 16.8 Å². The van der Waals surface area contributed by atoms with Crippen LogP contribution in [0.5, 0.6) is 0 Å². The molecule has 17 heavy (non-hydrogen) atoms. The monoisotopic (exact) mass is 227 g/mol. The van der Waals surface area contributed by atoms with Gasteiger partial charge in [0.15, 0.2) is 0 Å². The summed E-state index contributed by atoms with van der Waals surface area (Å²) in [4.78, 5) is 10.9. The Morgan fingerprint density at radius 3 is 2.29 bits per heavy atom. The third kappa shape index (κ3) is 2.75. The molecule has 2 rings (SSSR count). The maximum Gasteiger partial charge on any atom is 0.248 e. The van der Waals surface area contributed by atoms with Crippen LogP contribution in [-0.2, 0) is 0 Å². The van der Waals surface area contributed by atoms with E-state index in [9.17, 15) is 4.79 Å². The smallest absolute Gasteiger partial charge is 0.248 e. The number of nitrogens with one attached hydrogen (secondary N) is 1. The molecule has 0 radical (unpaired) electrons. The number of benzene rings is 2. The lowest BCUT2D eigenvalue weighted by atomic mass is 10.2. The molecule has 4 heteroatoms. The Hall–Kier alpha value is -2.49. The van der Waals surface area contributed by atoms with Crippen LogP contribution in [0, 0.1) is 0 Å². The molecule has 0 spiro atoms. The Balaban J connectivity index is 2.16. The summed E-state index contributed by atoms with van der Waals surface area (Å²) in [6.07, 6.45) is 0. The Morgan fingerprint density at radius 2 is 1.71 bits per heavy atom. The van der Waals surface area contributed by atoms with E-state index in [1.807, 2.05) is 24.3 Å². The van der Waals surface area contributed by atoms with E-state index in [0.717, 1.165) is 11.4 Å². The van der Waals surface area contributed by atoms with E-state index in [4.69, 9.17) is 11.5 Å². The van der Waals surface area contributed by atoms with E-state index in [-0.39, 0.29) is 0 Å². The summed E-state index contributed by atoms with van der Waals surface area (Å²) in [7, 11) is 0. The molecule has 0 aliphatic heterocycles. The van der Waals surface area contributed by atoms with Gasteiger partial charge in [0.1, 0.15) is 0 Å². The van der Waals surface area contributed by atoms with Gasteiger partial charge in [-0.15, -0.1) is 0 Å². The van der Waals surface area contributed by atoms with Gasteiger partial charge in [0.25, 0.3) is 0 Å². The second-order valence-electron chi connectivity index (χ2n) is 3.69. The lowest BCUT2D eigenvalue weighted by molar-refractivity contribution is 0.100. The maximum atomic E-state index is 10.9. The number of rotatable bonds is 3. The molecule has 0 heterocycles. The largest absolute Gasteiger partial charge is 0.399 e. The van der Waals surface area contributed by atoms with E-state index >= 15 is 0 Å². The number of primary amides is 1. The molecular weight excluding hydrogens is 214 g/mol. The zero-order chi connectivity index (χ0) is 12.3. The number of amides is 1. The quantitative estimate of drug-likeness (QED) is 0.702. The summed E-state index contributed by atoms with van der Waals surface area (Å²) in [6.45, 7) is 0. The minimum atomic E-state index is -0.430. The van der Waals surface area contributed by atoms with Crippen molar-refractivity contribution in [1.82, 2.24) is 0 Å². The first-order valence-corrected chi connectivity index (χ1v) is 5.17. The van der Waals surface area contributed by atoms with Crippen molar-refractivity contribution in [1.29, 1.82) is 0 Å². The van der Waals surface area contributed by atoms with E-state index in [1.54, 1.807) is 24.3 Å². The molecule has 0 bridgehead atoms. The van der Waals surface area contributed by atoms with Gasteiger partial charge in [0.2, 0.25) is 5.91 Å². The summed E-state index contributed by atoms with van der Waals surface area (Å²) in [6, 6.07) is 14.4. The average molecular weight is 227 g/mol. The second kappa shape index (κ2) is 4.57. The van der Waals surface area contributed by atoms with Crippen molar-refractivity contribution in [2.24, 2.45) is 5.73 Å². The van der Waals surface area contributed by atoms with Crippen molar-refractivity contribution in [2.75, 3.05) is 11.1 Å². The van der Waals surface area contributed by atoms with Crippen molar-refractivity contribution in [3.8, 4) is 0 Å². The predicted molar refractivity (Wildman–Crippen MR) is 69.1 cm³/mol. The summed E-state index contributed by atoms with van der Waals surface area (Å²) >= 11 is 0. The molecule has 0 saturated carbocycles. The third-order valence-corrected chi connectivity index (χ3v) is 2.34. The van der Waals surface area contributed by atoms with Gasteiger partial charge in [-0.3, -0.25) is 4.79 Å². The highest BCUT2D eigenvalue weighted by atomic mass is 16.1. The molecule has 86 valence electrons. The molecule has 1 amide bonds. The predicted octanol–water partition coefficient (Wildman–Crippen LogP) is 2.11. The fourth-order valence-electron chi connectivity index (χ4n) is 1.50. The molecule has 0 aliphatic rings. The highest BCUT2D eigenvalue weighted by Crippen LogP contribution is 2.18. The van der Waals surface area contributed by atoms with Crippen LogP contribution in [0.25, 0.3) is 0 Å². The number of hydrogen-bond acceptors (Lipinski definition) is 3. The molecule has 0 unspecified atom stereocenters. The Morgan fingerprint density at radius 1 is 1.00 bits per heavy atom. The molecule has 0 aromatic heterocycles. The molecule has 5 N–H and O–H groups in total. The normalized spacial score (nSPS) is 9.88. The number of hydrogen-bond donors (Lipinski definition) is 3. The highest BCUT2D eigenvalue weighted by molar-refractivity contribution is 5.93. The Labute approximate surface area is 99.2 Å². The molecule has 0 saturated heterocycles. The molecule has 2 aromatic carbocycles. The maximum absolute atomic E-state index is 10.9. The van der Waals surface area contributed by atoms with Crippen LogP contribution in [0.15, 0.2) is 48.5 Å². The van der Waals surface area contributed by atoms with Crippen LogP contribution in [-0.4, -0.2) is 5.91 Å². The van der Waals surface area contributed by atoms with Crippen LogP contribution in [0.4, 0.5) is 17.1 Å². The standard InChI is InChI=1S/C13H13N3O/c14-10-2-1-3-12(8-10)16-11-6-4-9(5-7-11)13(15)17/h1-8,16H,14H2,(H2,15,17). The minimum Gasteiger partial charge on any atom is -0.399 e. The van der Waals surface area contributed by atoms with Gasteiger partial charge in [-0.25, -0.2) is 0 Å². The first kappa shape index (κ1) is 11.0. The fourth-order valence-corrected chi connectivity index (χ4v) is 1.50. The lowest BCUT2D eigenvalue weighted by Crippen LogP contribution is -2.10. The summed E-state index contributed by atoms with van der Waals surface area (Å²) in [5.74, 6) is -0.430. The number of nitrogen functional groups attached to an aromatic ring is 1. The average Bonchev–Trinajstić information content (AvgIpc) is 2.29. The number of carbonyl (C=O) groups is 1. The number of anilines is 3. The van der Waals surface area contributed by atoms with Gasteiger partial charge in [-0.2, -0.15) is 0 Å². The van der Waals surface area contributed by atoms with Gasteiger partial charge in [0, 0.05) is 22.6 Å². The molecule has 0 fully saturated rings. The zero-order valence-electron chi connectivity index (χ0n) is 9.18. The van der Waals surface area contributed by atoms with Crippen LogP contribution in [0.1, 0.15) is 10.4 Å². The van der Waals surface area contributed by atoms with Crippen molar-refractivity contribution in [3.63, 3.8) is 0 Å². The number of nitrogens with two attached hydrogens (primary N) is 2. The van der Waals surface area contributed by atoms with Crippen LogP contribution in [0.3, 0.4) is 0 Å². The van der Waals surface area contributed by atoms with Gasteiger partial charge in [-0.1, -0.05) is 6.07 Å². The van der Waals surface area contributed by atoms with Gasteiger partial charge in [-0.05, 0) is 42.5 Å². The second-order valence-corrected chi connectivity index (χ2v) is 3.69. The Kier molecular flexibility index (Phi) is 2.96. The van der Waals surface area contributed by atoms with E-state index < -0.39 is 5.91 Å². The topological polar surface area (TPSA) is 81.1 Å². The van der Waals surface area contributed by atoms with Crippen molar-refractivity contribution >= 4 is 23.0 Å². The van der Waals surface area contributed by atoms with E-state index in [1.165, 1.54) is 0 Å².